The van der Waals surface area contributed by atoms with Gasteiger partial charge in [-0.3, -0.25) is 4.79 Å². The highest BCUT2D eigenvalue weighted by Crippen LogP contribution is 2.26. The fourth-order valence-electron chi connectivity index (χ4n) is 4.04. The number of likely N-dealkylation sites (tertiary alicyclic amines) is 1. The fourth-order valence-corrected chi connectivity index (χ4v) is 4.04. The second kappa shape index (κ2) is 10.1. The molecule has 1 aromatic carbocycles. The van der Waals surface area contributed by atoms with Crippen LogP contribution in [0.3, 0.4) is 0 Å². The summed E-state index contributed by atoms with van der Waals surface area (Å²) in [4.78, 5) is 33.5. The third-order valence-corrected chi connectivity index (χ3v) is 5.96. The Labute approximate surface area is 195 Å². The molecule has 33 heavy (non-hydrogen) atoms. The zero-order valence-corrected chi connectivity index (χ0v) is 20.1. The highest BCUT2D eigenvalue weighted by molar-refractivity contribution is 5.80. The van der Waals surface area contributed by atoms with Crippen molar-refractivity contribution in [3.05, 3.63) is 53.6 Å². The van der Waals surface area contributed by atoms with Crippen LogP contribution in [0.2, 0.25) is 0 Å². The zero-order chi connectivity index (χ0) is 24.2. The molecule has 176 valence electrons. The normalized spacial score (nSPS) is 17.2. The SMILES string of the molecule is C[C@@H](c1cncn1Cc1ccc(C#N)cc1)N(C)C(=O)C1CCCN(C(=O)OC(C)(C)C)C1. The van der Waals surface area contributed by atoms with E-state index in [1.165, 1.54) is 0 Å². The quantitative estimate of drug-likeness (QED) is 0.686. The first kappa shape index (κ1) is 24.3. The summed E-state index contributed by atoms with van der Waals surface area (Å²) in [5, 5.41) is 8.99. The van der Waals surface area contributed by atoms with Gasteiger partial charge in [-0.05, 0) is 58.2 Å². The first-order valence-corrected chi connectivity index (χ1v) is 11.3. The van der Waals surface area contributed by atoms with E-state index in [1.807, 2.05) is 44.4 Å². The van der Waals surface area contributed by atoms with Gasteiger partial charge in [0.2, 0.25) is 5.91 Å². The monoisotopic (exact) mass is 451 g/mol. The van der Waals surface area contributed by atoms with Gasteiger partial charge in [-0.1, -0.05) is 12.1 Å². The zero-order valence-electron chi connectivity index (χ0n) is 20.1. The highest BCUT2D eigenvalue weighted by Gasteiger charge is 2.34. The molecule has 2 amide bonds. The Bertz CT molecular complexity index is 1020. The van der Waals surface area contributed by atoms with Crippen molar-refractivity contribution in [3.63, 3.8) is 0 Å². The van der Waals surface area contributed by atoms with Gasteiger partial charge in [-0.15, -0.1) is 0 Å². The van der Waals surface area contributed by atoms with Crippen molar-refractivity contribution in [2.75, 3.05) is 20.1 Å². The summed E-state index contributed by atoms with van der Waals surface area (Å²) < 4.78 is 7.51. The van der Waals surface area contributed by atoms with Gasteiger partial charge in [0.15, 0.2) is 0 Å². The van der Waals surface area contributed by atoms with Gasteiger partial charge in [0.1, 0.15) is 5.60 Å². The number of carbonyl (C=O) groups excluding carboxylic acids is 2. The van der Waals surface area contributed by atoms with Crippen LogP contribution in [-0.2, 0) is 16.1 Å². The number of benzene rings is 1. The minimum absolute atomic E-state index is 0.0156. The first-order valence-electron chi connectivity index (χ1n) is 11.3. The van der Waals surface area contributed by atoms with E-state index in [-0.39, 0.29) is 24.0 Å². The third kappa shape index (κ3) is 6.13. The lowest BCUT2D eigenvalue weighted by atomic mass is 9.96. The average Bonchev–Trinajstić information content (AvgIpc) is 3.25. The molecule has 1 saturated heterocycles. The van der Waals surface area contributed by atoms with Crippen LogP contribution in [-0.4, -0.2) is 57.1 Å². The van der Waals surface area contributed by atoms with Gasteiger partial charge in [0, 0.05) is 26.7 Å². The Balaban J connectivity index is 1.66. The Hall–Kier alpha value is -3.34. The topological polar surface area (TPSA) is 91.5 Å². The first-order chi connectivity index (χ1) is 15.6. The largest absolute Gasteiger partial charge is 0.444 e. The van der Waals surface area contributed by atoms with Crippen molar-refractivity contribution in [2.24, 2.45) is 5.92 Å². The maximum absolute atomic E-state index is 13.3. The van der Waals surface area contributed by atoms with E-state index in [1.54, 1.807) is 41.5 Å². The Morgan fingerprint density at radius 2 is 2.00 bits per heavy atom. The molecule has 0 spiro atoms. The van der Waals surface area contributed by atoms with Gasteiger partial charge < -0.3 is 19.1 Å². The van der Waals surface area contributed by atoms with Gasteiger partial charge in [0.05, 0.1) is 41.8 Å². The molecule has 0 bridgehead atoms. The fraction of sp³-hybridized carbons (Fsp3) is 0.520. The molecule has 8 nitrogen and oxygen atoms in total. The number of rotatable bonds is 5. The van der Waals surface area contributed by atoms with Crippen molar-refractivity contribution < 1.29 is 14.3 Å². The molecule has 0 N–H and O–H groups in total. The van der Waals surface area contributed by atoms with Gasteiger partial charge in [0.25, 0.3) is 0 Å². The molecular weight excluding hydrogens is 418 g/mol. The van der Waals surface area contributed by atoms with Crippen LogP contribution in [0.4, 0.5) is 4.79 Å². The van der Waals surface area contributed by atoms with Crippen molar-refractivity contribution >= 4 is 12.0 Å². The number of amides is 2. The van der Waals surface area contributed by atoms with E-state index >= 15 is 0 Å². The lowest BCUT2D eigenvalue weighted by molar-refractivity contribution is -0.137. The van der Waals surface area contributed by atoms with E-state index < -0.39 is 5.60 Å². The van der Waals surface area contributed by atoms with Gasteiger partial charge in [-0.25, -0.2) is 9.78 Å². The van der Waals surface area contributed by atoms with Crippen LogP contribution in [0.1, 0.15) is 63.4 Å². The summed E-state index contributed by atoms with van der Waals surface area (Å²) in [5.41, 5.74) is 2.04. The number of aromatic nitrogens is 2. The van der Waals surface area contributed by atoms with Gasteiger partial charge >= 0.3 is 6.09 Å². The van der Waals surface area contributed by atoms with E-state index in [2.05, 4.69) is 11.1 Å². The standard InChI is InChI=1S/C25H33N5O3/c1-18(22-14-27-17-30(22)15-20-10-8-19(13-26)9-11-20)28(5)23(31)21-7-6-12-29(16-21)24(32)33-25(2,3)4/h8-11,14,17-18,21H,6-7,12,15-16H2,1-5H3/t18-,21?/m0/s1. The second-order valence-electron chi connectivity index (χ2n) is 9.65. The lowest BCUT2D eigenvalue weighted by Crippen LogP contribution is -2.47. The molecule has 1 unspecified atom stereocenters. The molecule has 2 heterocycles. The Kier molecular flexibility index (Phi) is 7.42. The number of ether oxygens (including phenoxy) is 1. The van der Waals surface area contributed by atoms with Crippen molar-refractivity contribution in [3.8, 4) is 6.07 Å². The molecule has 2 aromatic rings. The molecule has 0 aliphatic carbocycles. The van der Waals surface area contributed by atoms with Crippen LogP contribution < -0.4 is 0 Å². The summed E-state index contributed by atoms with van der Waals surface area (Å²) in [7, 11) is 1.80. The minimum atomic E-state index is -0.563. The van der Waals surface area contributed by atoms with Crippen LogP contribution in [0.5, 0.6) is 0 Å². The number of hydrogen-bond donors (Lipinski definition) is 0. The molecule has 2 atom stereocenters. The predicted molar refractivity (Wildman–Crippen MR) is 124 cm³/mol. The molecule has 1 aliphatic rings. The summed E-state index contributed by atoms with van der Waals surface area (Å²) in [6.45, 7) is 9.09. The van der Waals surface area contributed by atoms with Crippen molar-refractivity contribution in [1.82, 2.24) is 19.4 Å². The predicted octanol–water partition coefficient (Wildman–Crippen LogP) is 3.97. The Morgan fingerprint density at radius 3 is 2.64 bits per heavy atom. The number of piperidine rings is 1. The number of nitriles is 1. The maximum Gasteiger partial charge on any atom is 0.410 e. The Morgan fingerprint density at radius 1 is 1.30 bits per heavy atom. The summed E-state index contributed by atoms with van der Waals surface area (Å²) in [6, 6.07) is 9.39. The molecule has 0 saturated carbocycles. The molecule has 1 fully saturated rings. The summed E-state index contributed by atoms with van der Waals surface area (Å²) >= 11 is 0. The highest BCUT2D eigenvalue weighted by atomic mass is 16.6. The molecule has 3 rings (SSSR count). The van der Waals surface area contributed by atoms with E-state index in [0.717, 1.165) is 24.1 Å². The van der Waals surface area contributed by atoms with Crippen LogP contribution in [0.25, 0.3) is 0 Å². The van der Waals surface area contributed by atoms with Crippen LogP contribution >= 0.6 is 0 Å². The van der Waals surface area contributed by atoms with E-state index in [4.69, 9.17) is 10.00 Å². The smallest absolute Gasteiger partial charge is 0.410 e. The second-order valence-corrected chi connectivity index (χ2v) is 9.65. The number of hydrogen-bond acceptors (Lipinski definition) is 5. The van der Waals surface area contributed by atoms with Crippen LogP contribution in [0.15, 0.2) is 36.8 Å². The number of carbonyl (C=O) groups is 2. The van der Waals surface area contributed by atoms with Gasteiger partial charge in [-0.2, -0.15) is 5.26 Å². The lowest BCUT2D eigenvalue weighted by Gasteiger charge is -2.36. The summed E-state index contributed by atoms with van der Waals surface area (Å²) in [5.74, 6) is -0.240. The van der Waals surface area contributed by atoms with Crippen LogP contribution in [0, 0.1) is 17.2 Å². The molecule has 0 radical (unpaired) electrons. The maximum atomic E-state index is 13.3. The third-order valence-electron chi connectivity index (χ3n) is 5.96. The molecule has 8 heteroatoms. The number of nitrogens with zero attached hydrogens (tertiary/aromatic N) is 5. The molecule has 1 aliphatic heterocycles. The minimum Gasteiger partial charge on any atom is -0.444 e. The van der Waals surface area contributed by atoms with E-state index in [9.17, 15) is 9.59 Å². The van der Waals surface area contributed by atoms with Crippen molar-refractivity contribution in [1.29, 1.82) is 5.26 Å². The van der Waals surface area contributed by atoms with E-state index in [0.29, 0.717) is 25.2 Å². The summed E-state index contributed by atoms with van der Waals surface area (Å²) in [6.07, 6.45) is 4.70. The molecular formula is C25H33N5O3. The number of imidazole rings is 1. The molecule has 1 aromatic heterocycles. The van der Waals surface area contributed by atoms with Crippen molar-refractivity contribution in [2.45, 2.75) is 58.7 Å². The average molecular weight is 452 g/mol.